The number of phenols is 1. The van der Waals surface area contributed by atoms with E-state index in [0.29, 0.717) is 12.3 Å². The smallest absolute Gasteiger partial charge is 0.298 e. The van der Waals surface area contributed by atoms with Crippen molar-refractivity contribution in [3.05, 3.63) is 64.8 Å². The first-order valence-electron chi connectivity index (χ1n) is 9.05. The molecule has 2 aromatic carbocycles. The van der Waals surface area contributed by atoms with Crippen molar-refractivity contribution >= 4 is 33.3 Å². The Morgan fingerprint density at radius 1 is 1.23 bits per heavy atom. The Labute approximate surface area is 182 Å². The summed E-state index contributed by atoms with van der Waals surface area (Å²) >= 11 is 5.79. The van der Waals surface area contributed by atoms with Gasteiger partial charge >= 0.3 is 0 Å². The molecule has 1 heterocycles. The fraction of sp³-hybridized carbons (Fsp3) is 0.211. The highest BCUT2D eigenvalue weighted by molar-refractivity contribution is 7.86. The second kappa shape index (κ2) is 9.43. The number of carbonyl (C=O) groups is 1. The van der Waals surface area contributed by atoms with Crippen LogP contribution < -0.4 is 11.1 Å². The zero-order chi connectivity index (χ0) is 22.6. The van der Waals surface area contributed by atoms with Crippen molar-refractivity contribution < 1.29 is 27.3 Å². The molecule has 0 fully saturated rings. The van der Waals surface area contributed by atoms with E-state index in [2.05, 4.69) is 15.5 Å². The Morgan fingerprint density at radius 3 is 2.61 bits per heavy atom. The van der Waals surface area contributed by atoms with Crippen molar-refractivity contribution in [1.82, 2.24) is 10.2 Å². The van der Waals surface area contributed by atoms with Crippen LogP contribution in [-0.4, -0.2) is 34.2 Å². The third kappa shape index (κ3) is 6.01. The van der Waals surface area contributed by atoms with E-state index < -0.39 is 32.7 Å². The van der Waals surface area contributed by atoms with Crippen LogP contribution in [0.2, 0.25) is 5.02 Å². The molecule has 31 heavy (non-hydrogen) atoms. The van der Waals surface area contributed by atoms with Gasteiger partial charge in [0, 0.05) is 11.4 Å². The molecule has 164 valence electrons. The number of halogens is 1. The van der Waals surface area contributed by atoms with Crippen molar-refractivity contribution in [3.8, 4) is 5.75 Å². The minimum Gasteiger partial charge on any atom is -0.504 e. The summed E-state index contributed by atoms with van der Waals surface area (Å²) in [5, 5.41) is 20.1. The van der Waals surface area contributed by atoms with E-state index in [1.54, 1.807) is 0 Å². The summed E-state index contributed by atoms with van der Waals surface area (Å²) in [6, 6.07) is 10.8. The number of amides is 1. The minimum atomic E-state index is -4.73. The molecule has 1 unspecified atom stereocenters. The number of phenolic OH excluding ortho intramolecular Hbond substituents is 1. The Bertz CT molecular complexity index is 1180. The lowest BCUT2D eigenvalue weighted by Gasteiger charge is -2.11. The van der Waals surface area contributed by atoms with Gasteiger partial charge in [-0.25, -0.2) is 0 Å². The molecule has 0 radical (unpaired) electrons. The fourth-order valence-electron chi connectivity index (χ4n) is 2.75. The Balaban J connectivity index is 1.60. The first-order chi connectivity index (χ1) is 14.6. The maximum Gasteiger partial charge on any atom is 0.298 e. The molecule has 0 aliphatic heterocycles. The summed E-state index contributed by atoms with van der Waals surface area (Å²) in [7, 11) is -4.73. The Hall–Kier alpha value is -2.99. The average molecular weight is 467 g/mol. The molecule has 0 saturated carbocycles. The molecule has 0 bridgehead atoms. The average Bonchev–Trinajstić information content (AvgIpc) is 3.17. The standard InChI is InChI=1S/C19H19ClN4O6S/c20-12-9-14(18(26)15(10-12)31(27,28)29)22-16(25)7-6-13(21)19-24-23-17(30-19)8-11-4-2-1-3-5-11/h1-5,9-10,13,26H,6-8,21H2,(H,22,25)(H,27,28,29). The van der Waals surface area contributed by atoms with Crippen LogP contribution in [0.25, 0.3) is 0 Å². The van der Waals surface area contributed by atoms with Crippen LogP contribution in [0.3, 0.4) is 0 Å². The van der Waals surface area contributed by atoms with Gasteiger partial charge in [0.05, 0.1) is 18.2 Å². The summed E-state index contributed by atoms with van der Waals surface area (Å²) in [6.45, 7) is 0. The van der Waals surface area contributed by atoms with E-state index in [0.717, 1.165) is 17.7 Å². The molecular formula is C19H19ClN4O6S. The normalized spacial score (nSPS) is 12.5. The number of nitrogens with zero attached hydrogens (tertiary/aromatic N) is 2. The highest BCUT2D eigenvalue weighted by Gasteiger charge is 2.22. The molecule has 0 aliphatic rings. The highest BCUT2D eigenvalue weighted by Crippen LogP contribution is 2.34. The van der Waals surface area contributed by atoms with Crippen LogP contribution >= 0.6 is 11.6 Å². The van der Waals surface area contributed by atoms with Gasteiger partial charge in [-0.3, -0.25) is 9.35 Å². The van der Waals surface area contributed by atoms with Gasteiger partial charge in [-0.05, 0) is 24.1 Å². The second-order valence-electron chi connectivity index (χ2n) is 6.66. The van der Waals surface area contributed by atoms with Gasteiger partial charge in [0.25, 0.3) is 10.1 Å². The first kappa shape index (κ1) is 22.7. The van der Waals surface area contributed by atoms with Gasteiger partial charge < -0.3 is 20.6 Å². The third-order valence-corrected chi connectivity index (χ3v) is 5.36. The number of aromatic hydroxyl groups is 1. The summed E-state index contributed by atoms with van der Waals surface area (Å²) in [5.74, 6) is -0.828. The van der Waals surface area contributed by atoms with Crippen molar-refractivity contribution in [2.24, 2.45) is 5.73 Å². The fourth-order valence-corrected chi connectivity index (χ4v) is 3.66. The van der Waals surface area contributed by atoms with E-state index in [1.807, 2.05) is 30.3 Å². The van der Waals surface area contributed by atoms with E-state index in [9.17, 15) is 18.3 Å². The Kier molecular flexibility index (Phi) is 6.91. The van der Waals surface area contributed by atoms with Crippen LogP contribution in [0.1, 0.15) is 36.2 Å². The number of hydrogen-bond acceptors (Lipinski definition) is 8. The predicted octanol–water partition coefficient (Wildman–Crippen LogP) is 2.68. The maximum atomic E-state index is 12.2. The quantitative estimate of drug-likeness (QED) is 0.288. The number of carbonyl (C=O) groups excluding carboxylic acids is 1. The van der Waals surface area contributed by atoms with E-state index in [-0.39, 0.29) is 29.4 Å². The number of rotatable bonds is 8. The van der Waals surface area contributed by atoms with E-state index >= 15 is 0 Å². The maximum absolute atomic E-state index is 12.2. The zero-order valence-corrected chi connectivity index (χ0v) is 17.6. The van der Waals surface area contributed by atoms with Crippen LogP contribution in [0.15, 0.2) is 51.8 Å². The number of nitrogens with one attached hydrogen (secondary N) is 1. The molecule has 3 aromatic rings. The Morgan fingerprint density at radius 2 is 1.94 bits per heavy atom. The lowest BCUT2D eigenvalue weighted by Crippen LogP contribution is -2.17. The monoisotopic (exact) mass is 466 g/mol. The van der Waals surface area contributed by atoms with Crippen molar-refractivity contribution in [1.29, 1.82) is 0 Å². The molecule has 10 nitrogen and oxygen atoms in total. The third-order valence-electron chi connectivity index (χ3n) is 4.27. The number of aromatic nitrogens is 2. The van der Waals surface area contributed by atoms with E-state index in [4.69, 9.17) is 26.3 Å². The van der Waals surface area contributed by atoms with Gasteiger partial charge in [0.15, 0.2) is 5.75 Å². The number of hydrogen-bond donors (Lipinski definition) is 4. The molecule has 0 saturated heterocycles. The number of anilines is 1. The van der Waals surface area contributed by atoms with Crippen LogP contribution in [-0.2, 0) is 21.3 Å². The van der Waals surface area contributed by atoms with Crippen molar-refractivity contribution in [3.63, 3.8) is 0 Å². The van der Waals surface area contributed by atoms with Gasteiger partial charge in [-0.2, -0.15) is 8.42 Å². The van der Waals surface area contributed by atoms with E-state index in [1.165, 1.54) is 0 Å². The minimum absolute atomic E-state index is 0.0925. The van der Waals surface area contributed by atoms with Crippen molar-refractivity contribution in [2.75, 3.05) is 5.32 Å². The molecule has 1 amide bonds. The molecule has 1 atom stereocenters. The molecular weight excluding hydrogens is 448 g/mol. The molecule has 5 N–H and O–H groups in total. The lowest BCUT2D eigenvalue weighted by molar-refractivity contribution is -0.116. The predicted molar refractivity (Wildman–Crippen MR) is 111 cm³/mol. The highest BCUT2D eigenvalue weighted by atomic mass is 35.5. The zero-order valence-electron chi connectivity index (χ0n) is 16.0. The number of nitrogens with two attached hydrogens (primary N) is 1. The SMILES string of the molecule is NC(CCC(=O)Nc1cc(Cl)cc(S(=O)(=O)O)c1O)c1nnc(Cc2ccccc2)o1. The second-order valence-corrected chi connectivity index (χ2v) is 8.49. The lowest BCUT2D eigenvalue weighted by atomic mass is 10.1. The molecule has 0 spiro atoms. The molecule has 3 rings (SSSR count). The number of benzene rings is 2. The van der Waals surface area contributed by atoms with Crippen LogP contribution in [0, 0.1) is 0 Å². The largest absolute Gasteiger partial charge is 0.504 e. The van der Waals surface area contributed by atoms with Gasteiger partial charge in [0.2, 0.25) is 17.7 Å². The summed E-state index contributed by atoms with van der Waals surface area (Å²) < 4.78 is 37.3. The summed E-state index contributed by atoms with van der Waals surface area (Å²) in [5.41, 5.74) is 6.75. The topological polar surface area (TPSA) is 169 Å². The van der Waals surface area contributed by atoms with Crippen LogP contribution in [0.5, 0.6) is 5.75 Å². The van der Waals surface area contributed by atoms with Gasteiger partial charge in [-0.1, -0.05) is 41.9 Å². The van der Waals surface area contributed by atoms with Gasteiger partial charge in [0.1, 0.15) is 4.90 Å². The molecule has 1 aromatic heterocycles. The summed E-state index contributed by atoms with van der Waals surface area (Å²) in [6.07, 6.45) is 0.501. The van der Waals surface area contributed by atoms with Gasteiger partial charge in [-0.15, -0.1) is 10.2 Å². The van der Waals surface area contributed by atoms with Crippen LogP contribution in [0.4, 0.5) is 5.69 Å². The summed E-state index contributed by atoms with van der Waals surface area (Å²) in [4.78, 5) is 11.4. The first-order valence-corrected chi connectivity index (χ1v) is 10.9. The van der Waals surface area contributed by atoms with Crippen molar-refractivity contribution in [2.45, 2.75) is 30.2 Å². The molecule has 12 heteroatoms. The molecule has 0 aliphatic carbocycles.